The Bertz CT molecular complexity index is 378. The van der Waals surface area contributed by atoms with Crippen LogP contribution in [0, 0.1) is 23.7 Å². The van der Waals surface area contributed by atoms with Gasteiger partial charge in [-0.1, -0.05) is 31.3 Å². The average molecular weight is 215 g/mol. The van der Waals surface area contributed by atoms with E-state index in [1.165, 1.54) is 30.5 Å². The topological polar surface area (TPSA) is 12.4 Å². The number of rotatable bonds is 0. The van der Waals surface area contributed by atoms with Gasteiger partial charge in [0.15, 0.2) is 0 Å². The lowest BCUT2D eigenvalue weighted by atomic mass is 9.80. The van der Waals surface area contributed by atoms with Gasteiger partial charge in [-0.3, -0.25) is 4.99 Å². The Hall–Kier alpha value is -1.03. The summed E-state index contributed by atoms with van der Waals surface area (Å²) in [5, 5.41) is 0. The molecule has 0 N–H and O–H groups in total. The van der Waals surface area contributed by atoms with Crippen molar-refractivity contribution in [1.29, 1.82) is 0 Å². The van der Waals surface area contributed by atoms with Gasteiger partial charge in [0.1, 0.15) is 0 Å². The standard InChI is InChI=1S/C15H21N/c1-11-7-9-13(3)16-15-12(2)5-4-6-14(15)10-8-11/h7,12-14H,4-6,9H2,1-3H3/b11-7+,16-15-/t12-,13+,14?/m0/s1. The van der Waals surface area contributed by atoms with Crippen molar-refractivity contribution in [2.45, 2.75) is 52.5 Å². The molecule has 3 atom stereocenters. The Kier molecular flexibility index (Phi) is 3.49. The summed E-state index contributed by atoms with van der Waals surface area (Å²) in [5.41, 5.74) is 2.58. The summed E-state index contributed by atoms with van der Waals surface area (Å²) in [7, 11) is 0. The van der Waals surface area contributed by atoms with E-state index in [9.17, 15) is 0 Å². The Morgan fingerprint density at radius 2 is 2.12 bits per heavy atom. The molecule has 86 valence electrons. The summed E-state index contributed by atoms with van der Waals surface area (Å²) in [5.74, 6) is 7.77. The van der Waals surface area contributed by atoms with Gasteiger partial charge in [0, 0.05) is 5.71 Å². The first kappa shape index (κ1) is 11.5. The summed E-state index contributed by atoms with van der Waals surface area (Å²) < 4.78 is 0. The van der Waals surface area contributed by atoms with Crippen molar-refractivity contribution >= 4 is 5.71 Å². The van der Waals surface area contributed by atoms with Crippen LogP contribution in [0.2, 0.25) is 0 Å². The molecule has 0 aromatic rings. The monoisotopic (exact) mass is 215 g/mol. The first-order chi connectivity index (χ1) is 7.66. The fourth-order valence-electron chi connectivity index (χ4n) is 2.54. The summed E-state index contributed by atoms with van der Waals surface area (Å²) in [6.45, 7) is 6.62. The second-order valence-electron chi connectivity index (χ2n) is 5.18. The highest BCUT2D eigenvalue weighted by molar-refractivity contribution is 5.92. The van der Waals surface area contributed by atoms with Gasteiger partial charge in [-0.15, -0.1) is 0 Å². The molecule has 16 heavy (non-hydrogen) atoms. The van der Waals surface area contributed by atoms with Crippen molar-refractivity contribution in [2.24, 2.45) is 16.8 Å². The maximum absolute atomic E-state index is 4.90. The summed E-state index contributed by atoms with van der Waals surface area (Å²) >= 11 is 0. The second kappa shape index (κ2) is 4.87. The Morgan fingerprint density at radius 1 is 1.31 bits per heavy atom. The minimum Gasteiger partial charge on any atom is -0.289 e. The quantitative estimate of drug-likeness (QED) is 0.547. The summed E-state index contributed by atoms with van der Waals surface area (Å²) in [4.78, 5) is 4.90. The molecule has 0 spiro atoms. The molecule has 1 fully saturated rings. The number of allylic oxidation sites excluding steroid dienone is 1. The number of hydrogen-bond donors (Lipinski definition) is 0. The van der Waals surface area contributed by atoms with E-state index in [0.717, 1.165) is 6.42 Å². The van der Waals surface area contributed by atoms with Crippen LogP contribution in [-0.4, -0.2) is 11.8 Å². The lowest BCUT2D eigenvalue weighted by molar-refractivity contribution is 0.511. The maximum Gasteiger partial charge on any atom is 0.0587 e. The van der Waals surface area contributed by atoms with Crippen molar-refractivity contribution in [3.63, 3.8) is 0 Å². The van der Waals surface area contributed by atoms with Crippen molar-refractivity contribution in [1.82, 2.24) is 0 Å². The zero-order valence-corrected chi connectivity index (χ0v) is 10.6. The lowest BCUT2D eigenvalue weighted by Gasteiger charge is -2.26. The third-order valence-corrected chi connectivity index (χ3v) is 3.57. The molecule has 0 aromatic carbocycles. The van der Waals surface area contributed by atoms with Crippen LogP contribution < -0.4 is 0 Å². The predicted octanol–water partition coefficient (Wildman–Crippen LogP) is 3.61. The van der Waals surface area contributed by atoms with Gasteiger partial charge < -0.3 is 0 Å². The molecule has 0 saturated heterocycles. The van der Waals surface area contributed by atoms with Crippen LogP contribution in [0.15, 0.2) is 16.6 Å². The van der Waals surface area contributed by atoms with Gasteiger partial charge in [-0.05, 0) is 44.6 Å². The molecule has 1 aliphatic carbocycles. The minimum atomic E-state index is 0.412. The minimum absolute atomic E-state index is 0.412. The SMILES string of the molecule is C/C1=C\C[C@@H](C)/N=C2\C(C#C1)CCC[C@@H]2C. The van der Waals surface area contributed by atoms with Gasteiger partial charge in [0.2, 0.25) is 0 Å². The van der Waals surface area contributed by atoms with Crippen molar-refractivity contribution < 1.29 is 0 Å². The predicted molar refractivity (Wildman–Crippen MR) is 69.6 cm³/mol. The molecule has 1 heteroatoms. The highest BCUT2D eigenvalue weighted by atomic mass is 14.8. The van der Waals surface area contributed by atoms with Crippen LogP contribution in [0.3, 0.4) is 0 Å². The van der Waals surface area contributed by atoms with E-state index in [4.69, 9.17) is 4.99 Å². The molecular weight excluding hydrogens is 194 g/mol. The normalized spacial score (nSPS) is 40.8. The van der Waals surface area contributed by atoms with Gasteiger partial charge >= 0.3 is 0 Å². The van der Waals surface area contributed by atoms with Crippen molar-refractivity contribution in [2.75, 3.05) is 0 Å². The molecule has 1 heterocycles. The molecule has 0 radical (unpaired) electrons. The van der Waals surface area contributed by atoms with E-state index < -0.39 is 0 Å². The van der Waals surface area contributed by atoms with E-state index >= 15 is 0 Å². The fraction of sp³-hybridized carbons (Fsp3) is 0.667. The van der Waals surface area contributed by atoms with E-state index in [-0.39, 0.29) is 0 Å². The molecule has 2 aliphatic rings. The first-order valence-electron chi connectivity index (χ1n) is 6.42. The number of nitrogens with zero attached hydrogens (tertiary/aromatic N) is 1. The molecule has 1 unspecified atom stereocenters. The number of aliphatic imine (C=N–C) groups is 1. The van der Waals surface area contributed by atoms with E-state index in [2.05, 4.69) is 38.7 Å². The molecule has 1 saturated carbocycles. The van der Waals surface area contributed by atoms with Crippen LogP contribution in [0.5, 0.6) is 0 Å². The van der Waals surface area contributed by atoms with Crippen LogP contribution in [0.1, 0.15) is 46.5 Å². The van der Waals surface area contributed by atoms with E-state index in [1.54, 1.807) is 0 Å². The molecular formula is C15H21N. The molecule has 0 aromatic heterocycles. The van der Waals surface area contributed by atoms with Gasteiger partial charge in [0.05, 0.1) is 12.0 Å². The molecule has 1 nitrogen and oxygen atoms in total. The molecule has 0 bridgehead atoms. The molecule has 1 aliphatic heterocycles. The van der Waals surface area contributed by atoms with Crippen LogP contribution in [0.4, 0.5) is 0 Å². The zero-order chi connectivity index (χ0) is 11.5. The second-order valence-corrected chi connectivity index (χ2v) is 5.18. The lowest BCUT2D eigenvalue weighted by Crippen LogP contribution is -2.27. The number of fused-ring (bicyclic) bond motifs is 1. The highest BCUT2D eigenvalue weighted by Crippen LogP contribution is 2.27. The third-order valence-electron chi connectivity index (χ3n) is 3.57. The van der Waals surface area contributed by atoms with Gasteiger partial charge in [-0.25, -0.2) is 0 Å². The van der Waals surface area contributed by atoms with E-state index in [1.807, 2.05) is 0 Å². The molecule has 2 rings (SSSR count). The fourth-order valence-corrected chi connectivity index (χ4v) is 2.54. The Labute approximate surface area is 99.0 Å². The third kappa shape index (κ3) is 2.55. The maximum atomic E-state index is 4.90. The van der Waals surface area contributed by atoms with Crippen LogP contribution in [-0.2, 0) is 0 Å². The largest absolute Gasteiger partial charge is 0.289 e. The van der Waals surface area contributed by atoms with E-state index in [0.29, 0.717) is 17.9 Å². The zero-order valence-electron chi connectivity index (χ0n) is 10.6. The average Bonchev–Trinajstić information content (AvgIpc) is 2.32. The van der Waals surface area contributed by atoms with Crippen molar-refractivity contribution in [3.8, 4) is 11.8 Å². The Morgan fingerprint density at radius 3 is 2.94 bits per heavy atom. The van der Waals surface area contributed by atoms with Crippen molar-refractivity contribution in [3.05, 3.63) is 11.6 Å². The highest BCUT2D eigenvalue weighted by Gasteiger charge is 2.25. The van der Waals surface area contributed by atoms with Gasteiger partial charge in [0.25, 0.3) is 0 Å². The smallest absolute Gasteiger partial charge is 0.0587 e. The summed E-state index contributed by atoms with van der Waals surface area (Å²) in [6.07, 6.45) is 7.05. The molecule has 0 amide bonds. The summed E-state index contributed by atoms with van der Waals surface area (Å²) in [6, 6.07) is 0.412. The van der Waals surface area contributed by atoms with Gasteiger partial charge in [-0.2, -0.15) is 0 Å². The Balaban J connectivity index is 2.32. The van der Waals surface area contributed by atoms with Crippen LogP contribution in [0.25, 0.3) is 0 Å². The van der Waals surface area contributed by atoms with Crippen LogP contribution >= 0.6 is 0 Å². The first-order valence-corrected chi connectivity index (χ1v) is 6.42. The number of hydrogen-bond acceptors (Lipinski definition) is 1.